The van der Waals surface area contributed by atoms with Crippen LogP contribution in [0.25, 0.3) is 0 Å². The van der Waals surface area contributed by atoms with Gasteiger partial charge in [-0.3, -0.25) is 9.36 Å². The van der Waals surface area contributed by atoms with Crippen LogP contribution in [0.15, 0.2) is 34.1 Å². The fourth-order valence-electron chi connectivity index (χ4n) is 1.22. The zero-order valence-corrected chi connectivity index (χ0v) is 10.2. The summed E-state index contributed by atoms with van der Waals surface area (Å²) >= 11 is 3.21. The van der Waals surface area contributed by atoms with Crippen LogP contribution < -0.4 is 5.56 Å². The molecule has 2 aromatic heterocycles. The summed E-state index contributed by atoms with van der Waals surface area (Å²) in [6.45, 7) is 2.10. The molecule has 82 valence electrons. The molecule has 0 atom stereocenters. The molecule has 6 heteroatoms. The Kier molecular flexibility index (Phi) is 3.09. The van der Waals surface area contributed by atoms with Crippen molar-refractivity contribution in [2.75, 3.05) is 0 Å². The van der Waals surface area contributed by atoms with Crippen LogP contribution in [-0.2, 0) is 6.54 Å². The third kappa shape index (κ3) is 2.16. The van der Waals surface area contributed by atoms with Gasteiger partial charge in [0, 0.05) is 12.4 Å². The summed E-state index contributed by atoms with van der Waals surface area (Å²) in [6.07, 6.45) is 4.78. The van der Waals surface area contributed by atoms with E-state index >= 15 is 0 Å². The minimum absolute atomic E-state index is 0.125. The number of nitrogens with zero attached hydrogens (tertiary/aromatic N) is 4. The Balaban J connectivity index is 2.37. The molecule has 2 aromatic rings. The second-order valence-electron chi connectivity index (χ2n) is 3.24. The van der Waals surface area contributed by atoms with Crippen molar-refractivity contribution in [1.82, 2.24) is 19.5 Å². The van der Waals surface area contributed by atoms with Crippen molar-refractivity contribution in [3.8, 4) is 0 Å². The maximum Gasteiger partial charge on any atom is 0.268 e. The van der Waals surface area contributed by atoms with Gasteiger partial charge in [0.2, 0.25) is 0 Å². The lowest BCUT2D eigenvalue weighted by Gasteiger charge is -2.05. The van der Waals surface area contributed by atoms with Crippen molar-refractivity contribution >= 4 is 15.9 Å². The fraction of sp³-hybridized carbons (Fsp3) is 0.200. The summed E-state index contributed by atoms with van der Waals surface area (Å²) in [5.41, 5.74) is 0.551. The molecule has 0 unspecified atom stereocenters. The zero-order valence-electron chi connectivity index (χ0n) is 8.59. The Hall–Kier alpha value is -1.56. The number of aromatic nitrogens is 4. The smallest absolute Gasteiger partial charge is 0.268 e. The lowest BCUT2D eigenvalue weighted by Crippen LogP contribution is -2.23. The van der Waals surface area contributed by atoms with E-state index in [1.165, 1.54) is 10.9 Å². The first kappa shape index (κ1) is 10.9. The molecule has 0 fully saturated rings. The molecule has 5 nitrogen and oxygen atoms in total. The molecule has 0 spiro atoms. The molecule has 0 aliphatic heterocycles. The van der Waals surface area contributed by atoms with Crippen molar-refractivity contribution in [3.63, 3.8) is 0 Å². The van der Waals surface area contributed by atoms with Gasteiger partial charge in [-0.15, -0.1) is 0 Å². The quantitative estimate of drug-likeness (QED) is 0.828. The molecular weight excluding hydrogens is 272 g/mol. The van der Waals surface area contributed by atoms with Crippen molar-refractivity contribution in [1.29, 1.82) is 0 Å². The average molecular weight is 281 g/mol. The number of halogens is 1. The molecule has 0 saturated carbocycles. The topological polar surface area (TPSA) is 60.7 Å². The van der Waals surface area contributed by atoms with E-state index in [0.717, 1.165) is 0 Å². The predicted octanol–water partition coefficient (Wildman–Crippen LogP) is 1.15. The van der Waals surface area contributed by atoms with Gasteiger partial charge >= 0.3 is 0 Å². The first-order valence-corrected chi connectivity index (χ1v) is 5.45. The number of hydrogen-bond acceptors (Lipinski definition) is 4. The van der Waals surface area contributed by atoms with Crippen LogP contribution in [0.2, 0.25) is 0 Å². The normalized spacial score (nSPS) is 10.4. The highest BCUT2D eigenvalue weighted by Gasteiger charge is 2.06. The Labute approximate surface area is 100 Å². The summed E-state index contributed by atoms with van der Waals surface area (Å²) in [5.74, 6) is 0.585. The number of aryl methyl sites for hydroxylation is 1. The highest BCUT2D eigenvalue weighted by molar-refractivity contribution is 9.10. The predicted molar refractivity (Wildman–Crippen MR) is 62.1 cm³/mol. The molecule has 2 heterocycles. The van der Waals surface area contributed by atoms with Gasteiger partial charge in [0.05, 0.1) is 18.6 Å². The van der Waals surface area contributed by atoms with Gasteiger partial charge in [0.15, 0.2) is 0 Å². The third-order valence-corrected chi connectivity index (χ3v) is 3.00. The second kappa shape index (κ2) is 4.52. The Morgan fingerprint density at radius 2 is 2.00 bits per heavy atom. The molecule has 0 N–H and O–H groups in total. The summed E-state index contributed by atoms with van der Waals surface area (Å²) in [7, 11) is 0. The van der Waals surface area contributed by atoms with Crippen LogP contribution in [0.4, 0.5) is 0 Å². The Bertz CT molecular complexity index is 552. The highest BCUT2D eigenvalue weighted by atomic mass is 79.9. The maximum absolute atomic E-state index is 11.8. The number of hydrogen-bond donors (Lipinski definition) is 0. The van der Waals surface area contributed by atoms with E-state index in [4.69, 9.17) is 0 Å². The van der Waals surface area contributed by atoms with E-state index in [1.54, 1.807) is 25.4 Å². The minimum atomic E-state index is -0.125. The molecule has 16 heavy (non-hydrogen) atoms. The van der Waals surface area contributed by atoms with Crippen molar-refractivity contribution in [2.45, 2.75) is 13.5 Å². The fourth-order valence-corrected chi connectivity index (χ4v) is 1.55. The molecule has 0 radical (unpaired) electrons. The van der Waals surface area contributed by atoms with E-state index in [1.807, 2.05) is 0 Å². The summed E-state index contributed by atoms with van der Waals surface area (Å²) < 4.78 is 1.94. The van der Waals surface area contributed by atoms with Gasteiger partial charge in [-0.05, 0) is 28.9 Å². The van der Waals surface area contributed by atoms with Crippen LogP contribution in [0.5, 0.6) is 0 Å². The van der Waals surface area contributed by atoms with Crippen molar-refractivity contribution in [2.24, 2.45) is 0 Å². The van der Waals surface area contributed by atoms with Gasteiger partial charge in [-0.25, -0.2) is 15.0 Å². The first-order chi connectivity index (χ1) is 7.68. The monoisotopic (exact) mass is 280 g/mol. The molecule has 2 rings (SSSR count). The molecule has 0 aliphatic rings. The van der Waals surface area contributed by atoms with E-state index in [9.17, 15) is 4.79 Å². The van der Waals surface area contributed by atoms with E-state index in [0.29, 0.717) is 22.5 Å². The van der Waals surface area contributed by atoms with Crippen LogP contribution >= 0.6 is 15.9 Å². The Morgan fingerprint density at radius 3 is 2.69 bits per heavy atom. The van der Waals surface area contributed by atoms with Crippen molar-refractivity contribution in [3.05, 3.63) is 51.1 Å². The van der Waals surface area contributed by atoms with Crippen LogP contribution in [0, 0.1) is 6.92 Å². The van der Waals surface area contributed by atoms with E-state index in [2.05, 4.69) is 30.9 Å². The van der Waals surface area contributed by atoms with Gasteiger partial charge in [-0.2, -0.15) is 0 Å². The molecule has 0 bridgehead atoms. The summed E-state index contributed by atoms with van der Waals surface area (Å²) in [4.78, 5) is 24.0. The standard InChI is InChI=1S/C10H9BrN4O/c1-7-9(11)10(16)15(6-14-7)5-8-12-3-2-4-13-8/h2-4,6H,5H2,1H3. The van der Waals surface area contributed by atoms with Gasteiger partial charge < -0.3 is 0 Å². The summed E-state index contributed by atoms with van der Waals surface area (Å²) in [6, 6.07) is 1.73. The molecule has 0 aromatic carbocycles. The highest BCUT2D eigenvalue weighted by Crippen LogP contribution is 2.06. The van der Waals surface area contributed by atoms with Crippen molar-refractivity contribution < 1.29 is 0 Å². The Morgan fingerprint density at radius 1 is 1.31 bits per heavy atom. The van der Waals surface area contributed by atoms with Gasteiger partial charge in [-0.1, -0.05) is 0 Å². The SMILES string of the molecule is Cc1ncn(Cc2ncccn2)c(=O)c1Br. The number of rotatable bonds is 2. The van der Waals surface area contributed by atoms with Gasteiger partial charge in [0.1, 0.15) is 10.3 Å². The second-order valence-corrected chi connectivity index (χ2v) is 4.04. The lowest BCUT2D eigenvalue weighted by atomic mass is 10.4. The zero-order chi connectivity index (χ0) is 11.5. The van der Waals surface area contributed by atoms with Crippen LogP contribution in [-0.4, -0.2) is 19.5 Å². The van der Waals surface area contributed by atoms with E-state index in [-0.39, 0.29) is 5.56 Å². The lowest BCUT2D eigenvalue weighted by molar-refractivity contribution is 0.688. The molecule has 0 saturated heterocycles. The average Bonchev–Trinajstić information content (AvgIpc) is 2.31. The van der Waals surface area contributed by atoms with Crippen LogP contribution in [0.3, 0.4) is 0 Å². The molecule has 0 amide bonds. The maximum atomic E-state index is 11.8. The molecule has 0 aliphatic carbocycles. The third-order valence-electron chi connectivity index (χ3n) is 2.09. The summed E-state index contributed by atoms with van der Waals surface area (Å²) in [5, 5.41) is 0. The minimum Gasteiger partial charge on any atom is -0.291 e. The van der Waals surface area contributed by atoms with Crippen LogP contribution in [0.1, 0.15) is 11.5 Å². The van der Waals surface area contributed by atoms with Gasteiger partial charge in [0.25, 0.3) is 5.56 Å². The largest absolute Gasteiger partial charge is 0.291 e. The van der Waals surface area contributed by atoms with E-state index < -0.39 is 0 Å². The first-order valence-electron chi connectivity index (χ1n) is 4.66. The molecular formula is C10H9BrN4O.